The van der Waals surface area contributed by atoms with Crippen molar-refractivity contribution in [3.8, 4) is 0 Å². The van der Waals surface area contributed by atoms with Crippen molar-refractivity contribution in [2.75, 3.05) is 44.7 Å². The van der Waals surface area contributed by atoms with E-state index in [0.717, 1.165) is 12.3 Å². The molecular weight excluding hydrogens is 535 g/mol. The third-order valence-corrected chi connectivity index (χ3v) is 6.74. The number of methoxy groups -OCH3 is 1. The summed E-state index contributed by atoms with van der Waals surface area (Å²) in [4.78, 5) is 34.2. The summed E-state index contributed by atoms with van der Waals surface area (Å²) in [5.74, 6) is -2.45. The number of pyridine rings is 1. The highest BCUT2D eigenvalue weighted by atomic mass is 35.5. The second kappa shape index (κ2) is 11.4. The largest absolute Gasteiger partial charge is 0.466 e. The number of carbonyl (C=O) groups excluding carboxylic acids is 1. The predicted molar refractivity (Wildman–Crippen MR) is 138 cm³/mol. The Morgan fingerprint density at radius 1 is 1.08 bits per heavy atom. The number of nitrogens with zero attached hydrogens (tertiary/aromatic N) is 6. The molecule has 9 nitrogen and oxygen atoms in total. The Kier molecular flexibility index (Phi) is 7.75. The van der Waals surface area contributed by atoms with E-state index in [1.165, 1.54) is 19.2 Å². The number of ether oxygens (including phenoxy) is 1. The zero-order valence-corrected chi connectivity index (χ0v) is 21.5. The maximum atomic E-state index is 14.8. The minimum Gasteiger partial charge on any atom is -0.466 e. The maximum Gasteiger partial charge on any atom is 0.338 e. The van der Waals surface area contributed by atoms with Gasteiger partial charge in [-0.25, -0.2) is 32.9 Å². The number of benzene rings is 1. The normalized spacial score (nSPS) is 18.0. The Morgan fingerprint density at radius 3 is 2.49 bits per heavy atom. The van der Waals surface area contributed by atoms with Crippen molar-refractivity contribution in [1.29, 1.82) is 0 Å². The molecular formula is C26H23ClF3N7O2. The van der Waals surface area contributed by atoms with E-state index >= 15 is 0 Å². The summed E-state index contributed by atoms with van der Waals surface area (Å²) < 4.78 is 47.3. The van der Waals surface area contributed by atoms with Gasteiger partial charge in [-0.1, -0.05) is 17.7 Å². The number of amidine groups is 1. The minimum absolute atomic E-state index is 0.0229. The lowest BCUT2D eigenvalue weighted by Crippen LogP contribution is -2.49. The Hall–Kier alpha value is -4.03. The lowest BCUT2D eigenvalue weighted by atomic mass is 9.94. The molecule has 39 heavy (non-hydrogen) atoms. The third kappa shape index (κ3) is 5.71. The molecule has 1 saturated heterocycles. The summed E-state index contributed by atoms with van der Waals surface area (Å²) in [6.07, 6.45) is 4.23. The zero-order valence-electron chi connectivity index (χ0n) is 20.7. The van der Waals surface area contributed by atoms with Gasteiger partial charge in [0.25, 0.3) is 0 Å². The zero-order chi connectivity index (χ0) is 27.5. The number of hydrogen-bond donors (Lipinski definition) is 1. The number of piperazine rings is 1. The highest BCUT2D eigenvalue weighted by Crippen LogP contribution is 2.36. The molecule has 4 heterocycles. The van der Waals surface area contributed by atoms with E-state index in [4.69, 9.17) is 16.3 Å². The summed E-state index contributed by atoms with van der Waals surface area (Å²) in [5, 5.41) is 3.05. The van der Waals surface area contributed by atoms with Gasteiger partial charge in [0.2, 0.25) is 5.95 Å². The number of hydrogen-bond acceptors (Lipinski definition) is 9. The van der Waals surface area contributed by atoms with Crippen molar-refractivity contribution in [2.24, 2.45) is 4.99 Å². The molecule has 3 aromatic rings. The summed E-state index contributed by atoms with van der Waals surface area (Å²) in [6, 6.07) is 5.07. The van der Waals surface area contributed by atoms with Crippen LogP contribution in [0.25, 0.3) is 0 Å². The fraction of sp³-hybridized carbons (Fsp3) is 0.269. The first-order valence-electron chi connectivity index (χ1n) is 12.0. The molecule has 1 aromatic carbocycles. The van der Waals surface area contributed by atoms with E-state index in [-0.39, 0.29) is 28.7 Å². The third-order valence-electron chi connectivity index (χ3n) is 6.41. The van der Waals surface area contributed by atoms with Crippen LogP contribution in [0.1, 0.15) is 17.3 Å². The van der Waals surface area contributed by atoms with Crippen LogP contribution in [0.2, 0.25) is 5.02 Å². The number of rotatable bonds is 6. The number of esters is 1. The lowest BCUT2D eigenvalue weighted by molar-refractivity contribution is -0.136. The molecule has 202 valence electrons. The number of carbonyl (C=O) groups is 1. The molecule has 0 amide bonds. The van der Waals surface area contributed by atoms with Crippen LogP contribution in [0.3, 0.4) is 0 Å². The van der Waals surface area contributed by atoms with Gasteiger partial charge in [-0.15, -0.1) is 0 Å². The average molecular weight is 558 g/mol. The molecule has 1 N–H and O–H groups in total. The van der Waals surface area contributed by atoms with Crippen molar-refractivity contribution in [1.82, 2.24) is 25.2 Å². The Morgan fingerprint density at radius 2 is 1.82 bits per heavy atom. The Labute approximate surface area is 227 Å². The molecule has 0 bridgehead atoms. The van der Waals surface area contributed by atoms with Gasteiger partial charge in [-0.05, 0) is 18.2 Å². The van der Waals surface area contributed by atoms with Crippen LogP contribution in [-0.4, -0.2) is 71.5 Å². The molecule has 1 fully saturated rings. The molecule has 0 unspecified atom stereocenters. The standard InChI is InChI=1S/C26H23ClF3N7O2/c1-39-25(38)21-20(14-36-7-9-37(10-8-36)26-31-5-2-6-32-26)34-24(23-19(30)12-16(29)13-33-23)35-22(21)17-4-3-15(28)11-18(17)27/h2-6,11-13,22H,7-10,14H2,1H3,(H,34,35)/t22-/m0/s1. The van der Waals surface area contributed by atoms with E-state index < -0.39 is 29.5 Å². The maximum absolute atomic E-state index is 14.8. The molecule has 2 aliphatic rings. The Bertz CT molecular complexity index is 1450. The van der Waals surface area contributed by atoms with Gasteiger partial charge < -0.3 is 15.0 Å². The first kappa shape index (κ1) is 26.6. The summed E-state index contributed by atoms with van der Waals surface area (Å²) in [7, 11) is 1.23. The minimum atomic E-state index is -1.07. The lowest BCUT2D eigenvalue weighted by Gasteiger charge is -2.36. The van der Waals surface area contributed by atoms with Crippen LogP contribution in [0.5, 0.6) is 0 Å². The van der Waals surface area contributed by atoms with Gasteiger partial charge in [-0.3, -0.25) is 9.89 Å². The number of aliphatic imine (C=N–C) groups is 1. The van der Waals surface area contributed by atoms with Crippen molar-refractivity contribution < 1.29 is 22.7 Å². The van der Waals surface area contributed by atoms with Crippen LogP contribution in [0.15, 0.2) is 65.2 Å². The van der Waals surface area contributed by atoms with Crippen molar-refractivity contribution in [3.05, 3.63) is 93.9 Å². The van der Waals surface area contributed by atoms with Crippen LogP contribution in [0.4, 0.5) is 19.1 Å². The van der Waals surface area contributed by atoms with E-state index in [0.29, 0.717) is 49.5 Å². The van der Waals surface area contributed by atoms with E-state index in [9.17, 15) is 18.0 Å². The van der Waals surface area contributed by atoms with E-state index in [1.54, 1.807) is 18.5 Å². The van der Waals surface area contributed by atoms with E-state index in [2.05, 4.69) is 30.2 Å². The van der Waals surface area contributed by atoms with Crippen molar-refractivity contribution in [3.63, 3.8) is 0 Å². The van der Waals surface area contributed by atoms with Gasteiger partial charge in [0.1, 0.15) is 23.4 Å². The molecule has 2 aromatic heterocycles. The van der Waals surface area contributed by atoms with Gasteiger partial charge in [-0.2, -0.15) is 0 Å². The topological polar surface area (TPSA) is 95.8 Å². The van der Waals surface area contributed by atoms with Gasteiger partial charge >= 0.3 is 5.97 Å². The SMILES string of the molecule is COC(=O)C1=C(CN2CCN(c3ncccn3)CC2)NC(c2ncc(F)cc2F)=N[C@H]1c1ccc(F)cc1Cl. The fourth-order valence-electron chi connectivity index (χ4n) is 4.51. The highest BCUT2D eigenvalue weighted by Gasteiger charge is 2.35. The molecule has 0 spiro atoms. The predicted octanol–water partition coefficient (Wildman–Crippen LogP) is 3.28. The number of aromatic nitrogens is 3. The molecule has 0 aliphatic carbocycles. The van der Waals surface area contributed by atoms with Crippen LogP contribution in [-0.2, 0) is 9.53 Å². The van der Waals surface area contributed by atoms with Gasteiger partial charge in [0, 0.05) is 67.5 Å². The van der Waals surface area contributed by atoms with Crippen molar-refractivity contribution >= 4 is 29.4 Å². The summed E-state index contributed by atoms with van der Waals surface area (Å²) in [5.41, 5.74) is 0.578. The highest BCUT2D eigenvalue weighted by molar-refractivity contribution is 6.31. The van der Waals surface area contributed by atoms with Crippen LogP contribution < -0.4 is 10.2 Å². The average Bonchev–Trinajstić information content (AvgIpc) is 2.93. The molecule has 0 saturated carbocycles. The number of nitrogens with one attached hydrogen (secondary N) is 1. The molecule has 1 atom stereocenters. The molecule has 0 radical (unpaired) electrons. The number of anilines is 1. The fourth-order valence-corrected chi connectivity index (χ4v) is 4.78. The quantitative estimate of drug-likeness (QED) is 0.462. The van der Waals surface area contributed by atoms with Crippen LogP contribution >= 0.6 is 11.6 Å². The van der Waals surface area contributed by atoms with Crippen molar-refractivity contribution in [2.45, 2.75) is 6.04 Å². The molecule has 2 aliphatic heterocycles. The summed E-state index contributed by atoms with van der Waals surface area (Å²) >= 11 is 6.36. The second-order valence-electron chi connectivity index (χ2n) is 8.85. The Balaban J connectivity index is 1.51. The van der Waals surface area contributed by atoms with Crippen LogP contribution in [0, 0.1) is 17.5 Å². The second-order valence-corrected chi connectivity index (χ2v) is 9.26. The first-order chi connectivity index (χ1) is 18.8. The van der Waals surface area contributed by atoms with Gasteiger partial charge in [0.15, 0.2) is 11.7 Å². The first-order valence-corrected chi connectivity index (χ1v) is 12.4. The molecule has 13 heteroatoms. The molecule has 5 rings (SSSR count). The van der Waals surface area contributed by atoms with E-state index in [1.807, 2.05) is 4.90 Å². The summed E-state index contributed by atoms with van der Waals surface area (Å²) in [6.45, 7) is 2.72. The monoisotopic (exact) mass is 557 g/mol. The smallest absolute Gasteiger partial charge is 0.338 e. The number of halogens is 4. The van der Waals surface area contributed by atoms with Gasteiger partial charge in [0.05, 0.1) is 18.9 Å².